The number of carbonyl (C=O) groups excluding carboxylic acids is 1. The van der Waals surface area contributed by atoms with E-state index in [1.807, 2.05) is 0 Å². The summed E-state index contributed by atoms with van der Waals surface area (Å²) in [5, 5.41) is 11.9. The van der Waals surface area contributed by atoms with E-state index in [2.05, 4.69) is 5.32 Å². The van der Waals surface area contributed by atoms with Gasteiger partial charge in [-0.2, -0.15) is 0 Å². The Morgan fingerprint density at radius 2 is 2.05 bits per heavy atom. The summed E-state index contributed by atoms with van der Waals surface area (Å²) in [5.41, 5.74) is 1.22. The van der Waals surface area contributed by atoms with E-state index >= 15 is 0 Å². The third-order valence-electron chi connectivity index (χ3n) is 3.17. The molecule has 21 heavy (non-hydrogen) atoms. The van der Waals surface area contributed by atoms with Crippen molar-refractivity contribution in [1.82, 2.24) is 10.2 Å². The van der Waals surface area contributed by atoms with Gasteiger partial charge in [-0.05, 0) is 31.0 Å². The first-order chi connectivity index (χ1) is 9.81. The lowest BCUT2D eigenvalue weighted by molar-refractivity contribution is 0.163. The van der Waals surface area contributed by atoms with Gasteiger partial charge in [0.05, 0.1) is 11.8 Å². The number of aliphatic hydroxyl groups is 1. The number of amides is 2. The first-order valence-corrected chi connectivity index (χ1v) is 6.94. The highest BCUT2D eigenvalue weighted by atomic mass is 19.1. The van der Waals surface area contributed by atoms with E-state index in [1.165, 1.54) is 11.0 Å². The Bertz CT molecular complexity index is 478. The molecule has 1 atom stereocenters. The van der Waals surface area contributed by atoms with Crippen LogP contribution in [0, 0.1) is 5.82 Å². The molecule has 0 radical (unpaired) electrons. The van der Waals surface area contributed by atoms with Crippen LogP contribution < -0.4 is 10.2 Å². The fourth-order valence-corrected chi connectivity index (χ4v) is 1.82. The molecule has 0 aliphatic heterocycles. The van der Waals surface area contributed by atoms with Crippen molar-refractivity contribution in [2.75, 3.05) is 32.6 Å². The molecule has 1 aromatic carbocycles. The number of nitrogens with one attached hydrogen (secondary N) is 1. The Hall–Kier alpha value is -1.82. The number of hydrogen-bond donors (Lipinski definition) is 2. The largest absolute Gasteiger partial charge is 0.393 e. The molecule has 5 nitrogen and oxygen atoms in total. The van der Waals surface area contributed by atoms with Crippen LogP contribution in [0.5, 0.6) is 0 Å². The van der Waals surface area contributed by atoms with Gasteiger partial charge in [0, 0.05) is 34.2 Å². The lowest BCUT2D eigenvalue weighted by atomic mass is 10.2. The van der Waals surface area contributed by atoms with E-state index in [4.69, 9.17) is 0 Å². The molecule has 2 N–H and O–H groups in total. The van der Waals surface area contributed by atoms with E-state index in [0.717, 1.165) is 0 Å². The minimum absolute atomic E-state index is 0.243. The summed E-state index contributed by atoms with van der Waals surface area (Å²) in [6, 6.07) is 4.65. The number of halogens is 1. The van der Waals surface area contributed by atoms with Crippen LogP contribution in [-0.2, 0) is 6.54 Å². The number of aliphatic hydroxyl groups excluding tert-OH is 1. The van der Waals surface area contributed by atoms with E-state index in [0.29, 0.717) is 24.2 Å². The Kier molecular flexibility index (Phi) is 6.42. The van der Waals surface area contributed by atoms with Gasteiger partial charge < -0.3 is 20.2 Å². The average molecular weight is 297 g/mol. The van der Waals surface area contributed by atoms with Gasteiger partial charge in [-0.1, -0.05) is 6.07 Å². The van der Waals surface area contributed by atoms with Gasteiger partial charge in [0.1, 0.15) is 5.82 Å². The highest BCUT2D eigenvalue weighted by Gasteiger charge is 2.10. The normalized spacial score (nSPS) is 11.9. The number of rotatable bonds is 6. The molecular formula is C15H24FN3O2. The summed E-state index contributed by atoms with van der Waals surface area (Å²) in [6.07, 6.45) is 0.0868. The molecule has 0 aliphatic carbocycles. The van der Waals surface area contributed by atoms with E-state index in [-0.39, 0.29) is 18.4 Å². The first-order valence-electron chi connectivity index (χ1n) is 6.94. The molecular weight excluding hydrogens is 273 g/mol. The van der Waals surface area contributed by atoms with E-state index in [1.54, 1.807) is 45.1 Å². The number of urea groups is 1. The standard InChI is InChI=1S/C15H24FN3O2/c1-11(20)7-8-19(4)15(21)17-10-12-5-6-14(18(2)3)13(16)9-12/h5-6,9,11,20H,7-8,10H2,1-4H3,(H,17,21). The van der Waals surface area contributed by atoms with Gasteiger partial charge >= 0.3 is 6.03 Å². The molecule has 0 aliphatic rings. The molecule has 1 aromatic rings. The Morgan fingerprint density at radius 3 is 2.57 bits per heavy atom. The van der Waals surface area contributed by atoms with Crippen LogP contribution in [0.1, 0.15) is 18.9 Å². The highest BCUT2D eigenvalue weighted by molar-refractivity contribution is 5.73. The van der Waals surface area contributed by atoms with Crippen LogP contribution >= 0.6 is 0 Å². The summed E-state index contributed by atoms with van der Waals surface area (Å²) in [5.74, 6) is -0.311. The number of nitrogens with zero attached hydrogens (tertiary/aromatic N) is 2. The second kappa shape index (κ2) is 7.83. The molecule has 0 fully saturated rings. The fraction of sp³-hybridized carbons (Fsp3) is 0.533. The average Bonchev–Trinajstić information content (AvgIpc) is 2.41. The Balaban J connectivity index is 2.51. The third kappa shape index (κ3) is 5.59. The van der Waals surface area contributed by atoms with Crippen molar-refractivity contribution in [3.05, 3.63) is 29.6 Å². The minimum Gasteiger partial charge on any atom is -0.393 e. The molecule has 0 spiro atoms. The zero-order valence-electron chi connectivity index (χ0n) is 13.1. The SMILES string of the molecule is CC(O)CCN(C)C(=O)NCc1ccc(N(C)C)c(F)c1. The molecule has 1 rings (SSSR count). The van der Waals surface area contributed by atoms with Crippen molar-refractivity contribution in [3.8, 4) is 0 Å². The molecule has 0 heterocycles. The van der Waals surface area contributed by atoms with Crippen molar-refractivity contribution >= 4 is 11.7 Å². The third-order valence-corrected chi connectivity index (χ3v) is 3.17. The van der Waals surface area contributed by atoms with Crippen LogP contribution in [0.4, 0.5) is 14.9 Å². The van der Waals surface area contributed by atoms with E-state index in [9.17, 15) is 14.3 Å². The summed E-state index contributed by atoms with van der Waals surface area (Å²) < 4.78 is 13.8. The number of hydrogen-bond acceptors (Lipinski definition) is 3. The first kappa shape index (κ1) is 17.2. The van der Waals surface area contributed by atoms with Crippen molar-refractivity contribution in [3.63, 3.8) is 0 Å². The van der Waals surface area contributed by atoms with Crippen LogP contribution in [0.25, 0.3) is 0 Å². The predicted octanol–water partition coefficient (Wildman–Crippen LogP) is 1.80. The van der Waals surface area contributed by atoms with Crippen molar-refractivity contribution in [2.24, 2.45) is 0 Å². The zero-order valence-corrected chi connectivity index (χ0v) is 13.1. The second-order valence-corrected chi connectivity index (χ2v) is 5.40. The van der Waals surface area contributed by atoms with Crippen molar-refractivity contribution in [1.29, 1.82) is 0 Å². The highest BCUT2D eigenvalue weighted by Crippen LogP contribution is 2.18. The lowest BCUT2D eigenvalue weighted by Gasteiger charge is -2.19. The molecule has 1 unspecified atom stereocenters. The smallest absolute Gasteiger partial charge is 0.317 e. The maximum absolute atomic E-state index is 13.8. The summed E-state index contributed by atoms with van der Waals surface area (Å²) >= 11 is 0. The van der Waals surface area contributed by atoms with E-state index < -0.39 is 6.10 Å². The second-order valence-electron chi connectivity index (χ2n) is 5.40. The monoisotopic (exact) mass is 297 g/mol. The Morgan fingerprint density at radius 1 is 1.38 bits per heavy atom. The van der Waals surface area contributed by atoms with Gasteiger partial charge in [-0.15, -0.1) is 0 Å². The molecule has 0 bridgehead atoms. The van der Waals surface area contributed by atoms with Crippen LogP contribution in [0.3, 0.4) is 0 Å². The van der Waals surface area contributed by atoms with Gasteiger partial charge in [-0.3, -0.25) is 0 Å². The number of benzene rings is 1. The number of carbonyl (C=O) groups is 1. The molecule has 0 saturated carbocycles. The van der Waals surface area contributed by atoms with Gasteiger partial charge in [0.2, 0.25) is 0 Å². The quantitative estimate of drug-likeness (QED) is 0.842. The maximum Gasteiger partial charge on any atom is 0.317 e. The zero-order chi connectivity index (χ0) is 16.0. The van der Waals surface area contributed by atoms with Crippen LogP contribution in [0.2, 0.25) is 0 Å². The number of anilines is 1. The summed E-state index contributed by atoms with van der Waals surface area (Å²) in [4.78, 5) is 15.0. The van der Waals surface area contributed by atoms with Gasteiger partial charge in [0.25, 0.3) is 0 Å². The van der Waals surface area contributed by atoms with Crippen LogP contribution in [-0.4, -0.2) is 49.8 Å². The van der Waals surface area contributed by atoms with Crippen molar-refractivity contribution < 1.29 is 14.3 Å². The fourth-order valence-electron chi connectivity index (χ4n) is 1.82. The van der Waals surface area contributed by atoms with Crippen molar-refractivity contribution in [2.45, 2.75) is 26.0 Å². The lowest BCUT2D eigenvalue weighted by Crippen LogP contribution is -2.38. The minimum atomic E-state index is -0.437. The molecule has 118 valence electrons. The Labute approximate surface area is 125 Å². The molecule has 2 amide bonds. The predicted molar refractivity (Wildman–Crippen MR) is 81.9 cm³/mol. The summed E-state index contributed by atoms with van der Waals surface area (Å²) in [7, 11) is 5.21. The van der Waals surface area contributed by atoms with Gasteiger partial charge in [-0.25, -0.2) is 9.18 Å². The van der Waals surface area contributed by atoms with Crippen LogP contribution in [0.15, 0.2) is 18.2 Å². The summed E-state index contributed by atoms with van der Waals surface area (Å²) in [6.45, 7) is 2.42. The molecule has 0 aromatic heterocycles. The maximum atomic E-state index is 13.8. The van der Waals surface area contributed by atoms with Gasteiger partial charge in [0.15, 0.2) is 0 Å². The molecule has 6 heteroatoms. The topological polar surface area (TPSA) is 55.8 Å². The molecule has 0 saturated heterocycles.